The molecule has 98 valence electrons. The molecule has 0 aliphatic carbocycles. The predicted molar refractivity (Wildman–Crippen MR) is 76.1 cm³/mol. The van der Waals surface area contributed by atoms with Crippen LogP contribution in [0.5, 0.6) is 0 Å². The van der Waals surface area contributed by atoms with Crippen LogP contribution in [0.3, 0.4) is 0 Å². The van der Waals surface area contributed by atoms with Crippen molar-refractivity contribution in [1.82, 2.24) is 4.90 Å². The van der Waals surface area contributed by atoms with Gasteiger partial charge in [0.15, 0.2) is 0 Å². The molecule has 0 amide bonds. The molecule has 0 heterocycles. The van der Waals surface area contributed by atoms with Gasteiger partial charge in [-0.05, 0) is 58.3 Å². The van der Waals surface area contributed by atoms with Gasteiger partial charge < -0.3 is 4.90 Å². The smallest absolute Gasteiger partial charge is 0.0683 e. The quantitative estimate of drug-likeness (QED) is 0.762. The van der Waals surface area contributed by atoms with Crippen molar-refractivity contribution in [2.45, 2.75) is 40.2 Å². The van der Waals surface area contributed by atoms with E-state index in [1.807, 2.05) is 13.8 Å². The summed E-state index contributed by atoms with van der Waals surface area (Å²) in [6.07, 6.45) is 2.03. The third-order valence-corrected chi connectivity index (χ3v) is 3.35. The van der Waals surface area contributed by atoms with Gasteiger partial charge in [-0.1, -0.05) is 24.3 Å². The normalized spacial score (nSPS) is 11.6. The minimum atomic E-state index is -0.191. The summed E-state index contributed by atoms with van der Waals surface area (Å²) in [7, 11) is 2.14. The highest BCUT2D eigenvalue weighted by atomic mass is 15.1. The minimum Gasteiger partial charge on any atom is -0.302 e. The van der Waals surface area contributed by atoms with Crippen molar-refractivity contribution < 1.29 is 0 Å². The summed E-state index contributed by atoms with van der Waals surface area (Å²) in [5, 5.41) is 8.97. The van der Waals surface area contributed by atoms with Crippen molar-refractivity contribution >= 4 is 0 Å². The molecule has 0 aromatic heterocycles. The molecule has 0 N–H and O–H groups in total. The summed E-state index contributed by atoms with van der Waals surface area (Å²) < 4.78 is 0. The Kier molecular flexibility index (Phi) is 5.37. The lowest BCUT2D eigenvalue weighted by Gasteiger charge is -2.20. The Bertz CT molecular complexity index is 415. The van der Waals surface area contributed by atoms with Crippen molar-refractivity contribution in [2.75, 3.05) is 13.6 Å². The molecule has 0 fully saturated rings. The Morgan fingerprint density at radius 1 is 1.28 bits per heavy atom. The van der Waals surface area contributed by atoms with Gasteiger partial charge in [0.25, 0.3) is 0 Å². The largest absolute Gasteiger partial charge is 0.302 e. The topological polar surface area (TPSA) is 27.0 Å². The third-order valence-electron chi connectivity index (χ3n) is 3.35. The first-order chi connectivity index (χ1) is 8.44. The molecule has 1 aromatic rings. The Morgan fingerprint density at radius 2 is 1.94 bits per heavy atom. The van der Waals surface area contributed by atoms with Crippen molar-refractivity contribution in [3.05, 3.63) is 35.4 Å². The SMILES string of the molecule is Cc1ccccc1CN(C)CCCC(C)(C)C#N. The molecule has 0 unspecified atom stereocenters. The first kappa shape index (κ1) is 14.7. The lowest BCUT2D eigenvalue weighted by molar-refractivity contribution is 0.297. The number of rotatable bonds is 6. The molecular weight excluding hydrogens is 220 g/mol. The van der Waals surface area contributed by atoms with E-state index < -0.39 is 0 Å². The fourth-order valence-electron chi connectivity index (χ4n) is 2.00. The highest BCUT2D eigenvalue weighted by Crippen LogP contribution is 2.21. The average Bonchev–Trinajstić information content (AvgIpc) is 2.32. The van der Waals surface area contributed by atoms with E-state index in [1.54, 1.807) is 0 Å². The summed E-state index contributed by atoms with van der Waals surface area (Å²) in [6.45, 7) is 8.20. The van der Waals surface area contributed by atoms with Crippen LogP contribution >= 0.6 is 0 Å². The second-order valence-corrected chi connectivity index (χ2v) is 5.76. The molecule has 1 rings (SSSR count). The van der Waals surface area contributed by atoms with E-state index in [9.17, 15) is 0 Å². The second-order valence-electron chi connectivity index (χ2n) is 5.76. The van der Waals surface area contributed by atoms with Gasteiger partial charge in [-0.2, -0.15) is 5.26 Å². The molecule has 2 nitrogen and oxygen atoms in total. The summed E-state index contributed by atoms with van der Waals surface area (Å²) in [4.78, 5) is 2.33. The van der Waals surface area contributed by atoms with Crippen LogP contribution < -0.4 is 0 Å². The van der Waals surface area contributed by atoms with E-state index in [0.29, 0.717) is 0 Å². The van der Waals surface area contributed by atoms with Crippen LogP contribution in [0.25, 0.3) is 0 Å². The van der Waals surface area contributed by atoms with Crippen LogP contribution in [-0.2, 0) is 6.54 Å². The second kappa shape index (κ2) is 6.56. The standard InChI is InChI=1S/C16H24N2/c1-14-8-5-6-9-15(14)12-18(4)11-7-10-16(2,3)13-17/h5-6,8-9H,7,10-12H2,1-4H3. The Morgan fingerprint density at radius 3 is 2.56 bits per heavy atom. The van der Waals surface area contributed by atoms with E-state index in [1.165, 1.54) is 11.1 Å². The van der Waals surface area contributed by atoms with Crippen LogP contribution in [0.15, 0.2) is 24.3 Å². The first-order valence-electron chi connectivity index (χ1n) is 6.59. The van der Waals surface area contributed by atoms with Gasteiger partial charge in [0.05, 0.1) is 11.5 Å². The van der Waals surface area contributed by atoms with Gasteiger partial charge in [0, 0.05) is 6.54 Å². The molecule has 0 atom stereocenters. The Hall–Kier alpha value is -1.33. The molecule has 0 radical (unpaired) electrons. The fraction of sp³-hybridized carbons (Fsp3) is 0.562. The van der Waals surface area contributed by atoms with Crippen molar-refractivity contribution in [2.24, 2.45) is 5.41 Å². The maximum absolute atomic E-state index is 8.97. The van der Waals surface area contributed by atoms with Crippen LogP contribution in [0.4, 0.5) is 0 Å². The number of hydrogen-bond acceptors (Lipinski definition) is 2. The summed E-state index contributed by atoms with van der Waals surface area (Å²) >= 11 is 0. The van der Waals surface area contributed by atoms with Crippen LogP contribution in [0.1, 0.15) is 37.8 Å². The molecule has 1 aromatic carbocycles. The first-order valence-corrected chi connectivity index (χ1v) is 6.59. The molecule has 0 saturated carbocycles. The van der Waals surface area contributed by atoms with E-state index in [2.05, 4.69) is 49.2 Å². The van der Waals surface area contributed by atoms with E-state index >= 15 is 0 Å². The van der Waals surface area contributed by atoms with Crippen LogP contribution in [0.2, 0.25) is 0 Å². The number of nitrogens with zero attached hydrogens (tertiary/aromatic N) is 2. The van der Waals surface area contributed by atoms with Gasteiger partial charge >= 0.3 is 0 Å². The summed E-state index contributed by atoms with van der Waals surface area (Å²) in [5.74, 6) is 0. The van der Waals surface area contributed by atoms with Crippen molar-refractivity contribution in [3.63, 3.8) is 0 Å². The number of benzene rings is 1. The molecular formula is C16H24N2. The zero-order valence-corrected chi connectivity index (χ0v) is 12.0. The molecule has 0 bridgehead atoms. The zero-order chi connectivity index (χ0) is 13.6. The molecule has 0 spiro atoms. The minimum absolute atomic E-state index is 0.191. The van der Waals surface area contributed by atoms with Gasteiger partial charge in [-0.25, -0.2) is 0 Å². The third kappa shape index (κ3) is 4.89. The highest BCUT2D eigenvalue weighted by Gasteiger charge is 2.16. The average molecular weight is 244 g/mol. The number of hydrogen-bond donors (Lipinski definition) is 0. The predicted octanol–water partition coefficient (Wildman–Crippen LogP) is 3.76. The Balaban J connectivity index is 2.37. The molecule has 0 aliphatic rings. The van der Waals surface area contributed by atoms with E-state index in [0.717, 1.165) is 25.9 Å². The molecule has 2 heteroatoms. The van der Waals surface area contributed by atoms with Crippen LogP contribution in [-0.4, -0.2) is 18.5 Å². The molecule has 0 aliphatic heterocycles. The maximum Gasteiger partial charge on any atom is 0.0683 e. The molecule has 0 saturated heterocycles. The summed E-state index contributed by atoms with van der Waals surface area (Å²) in [6, 6.07) is 10.9. The Labute approximate surface area is 111 Å². The molecule has 18 heavy (non-hydrogen) atoms. The highest BCUT2D eigenvalue weighted by molar-refractivity contribution is 5.25. The number of aryl methyl sites for hydroxylation is 1. The lowest BCUT2D eigenvalue weighted by Crippen LogP contribution is -2.21. The van der Waals surface area contributed by atoms with Crippen molar-refractivity contribution in [3.8, 4) is 6.07 Å². The van der Waals surface area contributed by atoms with E-state index in [-0.39, 0.29) is 5.41 Å². The van der Waals surface area contributed by atoms with Crippen LogP contribution in [0, 0.1) is 23.7 Å². The fourth-order valence-corrected chi connectivity index (χ4v) is 2.00. The van der Waals surface area contributed by atoms with Gasteiger partial charge in [0.1, 0.15) is 0 Å². The maximum atomic E-state index is 8.97. The number of nitriles is 1. The lowest BCUT2D eigenvalue weighted by atomic mass is 9.90. The zero-order valence-electron chi connectivity index (χ0n) is 12.0. The van der Waals surface area contributed by atoms with Crippen molar-refractivity contribution in [1.29, 1.82) is 5.26 Å². The monoisotopic (exact) mass is 244 g/mol. The van der Waals surface area contributed by atoms with Gasteiger partial charge in [0.2, 0.25) is 0 Å². The summed E-state index contributed by atoms with van der Waals surface area (Å²) in [5.41, 5.74) is 2.55. The van der Waals surface area contributed by atoms with Gasteiger partial charge in [-0.3, -0.25) is 0 Å². The van der Waals surface area contributed by atoms with Gasteiger partial charge in [-0.15, -0.1) is 0 Å². The van der Waals surface area contributed by atoms with E-state index in [4.69, 9.17) is 5.26 Å².